The molecule has 2 aliphatic rings. The summed E-state index contributed by atoms with van der Waals surface area (Å²) in [5.74, 6) is 0.899. The minimum atomic E-state index is 0.327. The van der Waals surface area contributed by atoms with Crippen LogP contribution in [0.5, 0.6) is 0 Å². The molecule has 2 rings (SSSR count). The fraction of sp³-hybridized carbons (Fsp3) is 0.933. The van der Waals surface area contributed by atoms with Crippen LogP contribution in [0.25, 0.3) is 0 Å². The van der Waals surface area contributed by atoms with Gasteiger partial charge in [0.05, 0.1) is 0 Å². The first-order valence-corrected chi connectivity index (χ1v) is 7.64. The topological polar surface area (TPSA) is 46.3 Å². The molecule has 2 N–H and O–H groups in total. The van der Waals surface area contributed by atoms with E-state index in [1.165, 1.54) is 32.1 Å². The van der Waals surface area contributed by atoms with E-state index in [-0.39, 0.29) is 0 Å². The monoisotopic (exact) mass is 252 g/mol. The second kappa shape index (κ2) is 6.05. The van der Waals surface area contributed by atoms with Crippen molar-refractivity contribution in [1.29, 1.82) is 0 Å². The van der Waals surface area contributed by atoms with E-state index in [9.17, 15) is 4.79 Å². The van der Waals surface area contributed by atoms with Gasteiger partial charge in [-0.25, -0.2) is 0 Å². The fourth-order valence-electron chi connectivity index (χ4n) is 3.78. The van der Waals surface area contributed by atoms with Crippen LogP contribution >= 0.6 is 0 Å². The Hall–Kier alpha value is -0.570. The molecule has 1 aliphatic carbocycles. The van der Waals surface area contributed by atoms with Crippen LogP contribution in [-0.2, 0) is 4.79 Å². The van der Waals surface area contributed by atoms with E-state index in [2.05, 4.69) is 18.7 Å². The lowest BCUT2D eigenvalue weighted by molar-refractivity contribution is -0.138. The van der Waals surface area contributed by atoms with Crippen LogP contribution in [-0.4, -0.2) is 28.9 Å². The highest BCUT2D eigenvalue weighted by Gasteiger charge is 2.31. The van der Waals surface area contributed by atoms with Gasteiger partial charge in [0.25, 0.3) is 0 Å². The van der Waals surface area contributed by atoms with Crippen LogP contribution in [0.15, 0.2) is 0 Å². The number of hydrogen-bond acceptors (Lipinski definition) is 2. The molecule has 1 amide bonds. The van der Waals surface area contributed by atoms with Gasteiger partial charge in [-0.2, -0.15) is 0 Å². The first kappa shape index (κ1) is 13.9. The van der Waals surface area contributed by atoms with Crippen LogP contribution in [0.1, 0.15) is 65.2 Å². The molecule has 3 heteroatoms. The highest BCUT2D eigenvalue weighted by Crippen LogP contribution is 2.29. The van der Waals surface area contributed by atoms with Crippen molar-refractivity contribution in [2.75, 3.05) is 0 Å². The lowest BCUT2D eigenvalue weighted by Gasteiger charge is -2.40. The van der Waals surface area contributed by atoms with Crippen LogP contribution in [0.3, 0.4) is 0 Å². The number of hydrogen-bond donors (Lipinski definition) is 1. The fourth-order valence-corrected chi connectivity index (χ4v) is 3.78. The summed E-state index contributed by atoms with van der Waals surface area (Å²) < 4.78 is 0. The van der Waals surface area contributed by atoms with Crippen molar-refractivity contribution in [2.45, 2.75) is 83.3 Å². The molecule has 1 heterocycles. The third-order valence-electron chi connectivity index (χ3n) is 4.77. The molecule has 2 fully saturated rings. The molecule has 18 heavy (non-hydrogen) atoms. The molecule has 0 radical (unpaired) electrons. The van der Waals surface area contributed by atoms with Crippen molar-refractivity contribution in [1.82, 2.24) is 4.90 Å². The zero-order valence-electron chi connectivity index (χ0n) is 11.9. The Kier molecular flexibility index (Phi) is 4.66. The highest BCUT2D eigenvalue weighted by molar-refractivity contribution is 5.77. The molecule has 0 aromatic carbocycles. The second-order valence-corrected chi connectivity index (χ2v) is 6.43. The molecule has 1 aliphatic heterocycles. The van der Waals surface area contributed by atoms with Crippen molar-refractivity contribution < 1.29 is 4.79 Å². The third-order valence-corrected chi connectivity index (χ3v) is 4.77. The van der Waals surface area contributed by atoms with Crippen molar-refractivity contribution in [3.8, 4) is 0 Å². The second-order valence-electron chi connectivity index (χ2n) is 6.43. The molecule has 1 saturated heterocycles. The molecule has 0 bridgehead atoms. The zero-order valence-corrected chi connectivity index (χ0v) is 11.9. The Bertz CT molecular complexity index is 282. The average molecular weight is 252 g/mol. The van der Waals surface area contributed by atoms with Gasteiger partial charge in [0.1, 0.15) is 0 Å². The molecule has 3 nitrogen and oxygen atoms in total. The van der Waals surface area contributed by atoms with E-state index < -0.39 is 0 Å². The molecule has 0 spiro atoms. The van der Waals surface area contributed by atoms with Crippen LogP contribution < -0.4 is 5.73 Å². The highest BCUT2D eigenvalue weighted by atomic mass is 16.2. The maximum Gasteiger partial charge on any atom is 0.223 e. The average Bonchev–Trinajstić information content (AvgIpc) is 2.28. The van der Waals surface area contributed by atoms with Gasteiger partial charge in [0.2, 0.25) is 5.91 Å². The first-order valence-electron chi connectivity index (χ1n) is 7.64. The van der Waals surface area contributed by atoms with Gasteiger partial charge in [0, 0.05) is 24.5 Å². The SMILES string of the molecule is C[C@@H]1CCC[C@H](C)N1C(=O)CC1CCCC(N)C1. The Labute approximate surface area is 111 Å². The Balaban J connectivity index is 1.89. The maximum atomic E-state index is 12.5. The number of amides is 1. The molecule has 104 valence electrons. The predicted octanol–water partition coefficient (Wildman–Crippen LogP) is 2.68. The van der Waals surface area contributed by atoms with Crippen molar-refractivity contribution in [3.63, 3.8) is 0 Å². The summed E-state index contributed by atoms with van der Waals surface area (Å²) in [5.41, 5.74) is 6.01. The van der Waals surface area contributed by atoms with E-state index in [0.29, 0.717) is 30.0 Å². The van der Waals surface area contributed by atoms with Crippen molar-refractivity contribution >= 4 is 5.91 Å². The van der Waals surface area contributed by atoms with E-state index in [0.717, 1.165) is 19.3 Å². The van der Waals surface area contributed by atoms with Gasteiger partial charge in [-0.3, -0.25) is 4.79 Å². The lowest BCUT2D eigenvalue weighted by Crippen LogP contribution is -2.48. The molecule has 0 aromatic heterocycles. The van der Waals surface area contributed by atoms with E-state index >= 15 is 0 Å². The number of nitrogens with zero attached hydrogens (tertiary/aromatic N) is 1. The molecule has 4 atom stereocenters. The van der Waals surface area contributed by atoms with Gasteiger partial charge < -0.3 is 10.6 Å². The van der Waals surface area contributed by atoms with Crippen LogP contribution in [0.2, 0.25) is 0 Å². The van der Waals surface area contributed by atoms with Gasteiger partial charge >= 0.3 is 0 Å². The number of nitrogens with two attached hydrogens (primary N) is 1. The number of carbonyl (C=O) groups excluding carboxylic acids is 1. The van der Waals surface area contributed by atoms with Gasteiger partial charge in [-0.1, -0.05) is 6.42 Å². The minimum absolute atomic E-state index is 0.327. The third kappa shape index (κ3) is 3.25. The van der Waals surface area contributed by atoms with E-state index in [4.69, 9.17) is 5.73 Å². The molecular weight excluding hydrogens is 224 g/mol. The van der Waals surface area contributed by atoms with Gasteiger partial charge in [-0.15, -0.1) is 0 Å². The zero-order chi connectivity index (χ0) is 13.1. The Morgan fingerprint density at radius 1 is 1.11 bits per heavy atom. The summed E-state index contributed by atoms with van der Waals surface area (Å²) in [6.07, 6.45) is 8.90. The number of piperidine rings is 1. The van der Waals surface area contributed by atoms with Crippen LogP contribution in [0, 0.1) is 5.92 Å². The van der Waals surface area contributed by atoms with Gasteiger partial charge in [0.15, 0.2) is 0 Å². The molecular formula is C15H28N2O. The normalized spacial score (nSPS) is 37.6. The first-order chi connectivity index (χ1) is 8.58. The van der Waals surface area contributed by atoms with Crippen LogP contribution in [0.4, 0.5) is 0 Å². The smallest absolute Gasteiger partial charge is 0.223 e. The molecule has 2 unspecified atom stereocenters. The standard InChI is InChI=1S/C15H28N2O/c1-11-5-3-6-12(2)17(11)15(18)10-13-7-4-8-14(16)9-13/h11-14H,3-10,16H2,1-2H3/t11-,12+,13?,14?. The summed E-state index contributed by atoms with van der Waals surface area (Å²) in [5, 5.41) is 0. The summed E-state index contributed by atoms with van der Waals surface area (Å²) in [6.45, 7) is 4.39. The molecule has 1 saturated carbocycles. The van der Waals surface area contributed by atoms with E-state index in [1.807, 2.05) is 0 Å². The number of likely N-dealkylation sites (tertiary alicyclic amines) is 1. The van der Waals surface area contributed by atoms with Crippen molar-refractivity contribution in [2.24, 2.45) is 11.7 Å². The maximum absolute atomic E-state index is 12.5. The quantitative estimate of drug-likeness (QED) is 0.821. The summed E-state index contributed by atoms with van der Waals surface area (Å²) in [6, 6.07) is 1.18. The van der Waals surface area contributed by atoms with Crippen molar-refractivity contribution in [3.05, 3.63) is 0 Å². The minimum Gasteiger partial charge on any atom is -0.337 e. The molecule has 0 aromatic rings. The lowest BCUT2D eigenvalue weighted by atomic mass is 9.83. The number of carbonyl (C=O) groups is 1. The predicted molar refractivity (Wildman–Crippen MR) is 74.2 cm³/mol. The summed E-state index contributed by atoms with van der Waals surface area (Å²) >= 11 is 0. The largest absolute Gasteiger partial charge is 0.337 e. The summed E-state index contributed by atoms with van der Waals surface area (Å²) in [7, 11) is 0. The Morgan fingerprint density at radius 3 is 2.33 bits per heavy atom. The van der Waals surface area contributed by atoms with Gasteiger partial charge in [-0.05, 0) is 58.3 Å². The Morgan fingerprint density at radius 2 is 1.72 bits per heavy atom. The number of rotatable bonds is 2. The van der Waals surface area contributed by atoms with E-state index in [1.54, 1.807) is 0 Å². The summed E-state index contributed by atoms with van der Waals surface area (Å²) in [4.78, 5) is 14.6.